The van der Waals surface area contributed by atoms with Crippen molar-refractivity contribution in [2.75, 3.05) is 0 Å². The largest absolute Gasteiger partial charge is 0.508 e. The van der Waals surface area contributed by atoms with Gasteiger partial charge in [0, 0.05) is 31.6 Å². The van der Waals surface area contributed by atoms with Crippen LogP contribution in [0.2, 0.25) is 0 Å². The van der Waals surface area contributed by atoms with Crippen molar-refractivity contribution in [2.24, 2.45) is 0 Å². The highest BCUT2D eigenvalue weighted by Gasteiger charge is 2.41. The standard InChI is InChI=1S/C16H22N2O2/c1-11(19)18-14-4-5-15(18)9-13(8-14)17-10-12-2-6-16(20)7-3-12/h2-3,6-7,13-15,17,20H,4-5,8-10H2,1H3/t13-,14-,15+. The maximum Gasteiger partial charge on any atom is 0.219 e. The van der Waals surface area contributed by atoms with Gasteiger partial charge in [0.1, 0.15) is 5.75 Å². The van der Waals surface area contributed by atoms with Crippen LogP contribution in [0.5, 0.6) is 5.75 Å². The van der Waals surface area contributed by atoms with Gasteiger partial charge in [0.2, 0.25) is 5.91 Å². The fraction of sp³-hybridized carbons (Fsp3) is 0.562. The summed E-state index contributed by atoms with van der Waals surface area (Å²) >= 11 is 0. The molecule has 2 N–H and O–H groups in total. The van der Waals surface area contributed by atoms with E-state index >= 15 is 0 Å². The molecule has 2 aliphatic rings. The maximum absolute atomic E-state index is 11.7. The highest BCUT2D eigenvalue weighted by Crippen LogP contribution is 2.35. The van der Waals surface area contributed by atoms with Crippen LogP contribution in [-0.2, 0) is 11.3 Å². The Kier molecular flexibility index (Phi) is 3.66. The van der Waals surface area contributed by atoms with Gasteiger partial charge in [-0.1, -0.05) is 12.1 Å². The summed E-state index contributed by atoms with van der Waals surface area (Å²) < 4.78 is 0. The Balaban J connectivity index is 1.56. The van der Waals surface area contributed by atoms with Gasteiger partial charge in [0.25, 0.3) is 0 Å². The van der Waals surface area contributed by atoms with Gasteiger partial charge in [0.05, 0.1) is 0 Å². The quantitative estimate of drug-likeness (QED) is 0.886. The Morgan fingerprint density at radius 3 is 2.40 bits per heavy atom. The van der Waals surface area contributed by atoms with Gasteiger partial charge in [-0.05, 0) is 43.4 Å². The number of piperidine rings is 1. The van der Waals surface area contributed by atoms with E-state index in [1.165, 1.54) is 5.56 Å². The SMILES string of the molecule is CC(=O)N1[C@@H]2CC[C@H]1C[C@H](NCc1ccc(O)cc1)C2. The maximum atomic E-state index is 11.7. The summed E-state index contributed by atoms with van der Waals surface area (Å²) in [7, 11) is 0. The molecular formula is C16H22N2O2. The van der Waals surface area contributed by atoms with Crippen LogP contribution in [0.4, 0.5) is 0 Å². The van der Waals surface area contributed by atoms with Gasteiger partial charge in [0.15, 0.2) is 0 Å². The smallest absolute Gasteiger partial charge is 0.219 e. The minimum Gasteiger partial charge on any atom is -0.508 e. The van der Waals surface area contributed by atoms with E-state index in [-0.39, 0.29) is 5.91 Å². The molecule has 2 bridgehead atoms. The van der Waals surface area contributed by atoms with Crippen molar-refractivity contribution in [1.29, 1.82) is 0 Å². The summed E-state index contributed by atoms with van der Waals surface area (Å²) in [4.78, 5) is 13.8. The van der Waals surface area contributed by atoms with Crippen LogP contribution in [-0.4, -0.2) is 34.0 Å². The zero-order chi connectivity index (χ0) is 14.1. The van der Waals surface area contributed by atoms with Crippen LogP contribution in [0.25, 0.3) is 0 Å². The molecule has 4 nitrogen and oxygen atoms in total. The van der Waals surface area contributed by atoms with E-state index in [1.807, 2.05) is 12.1 Å². The molecule has 2 heterocycles. The van der Waals surface area contributed by atoms with E-state index in [0.717, 1.165) is 32.2 Å². The number of nitrogens with zero attached hydrogens (tertiary/aromatic N) is 1. The fourth-order valence-electron chi connectivity index (χ4n) is 3.73. The molecular weight excluding hydrogens is 252 g/mol. The number of carbonyl (C=O) groups is 1. The zero-order valence-electron chi connectivity index (χ0n) is 11.9. The molecule has 2 saturated heterocycles. The summed E-state index contributed by atoms with van der Waals surface area (Å²) in [5.74, 6) is 0.538. The van der Waals surface area contributed by atoms with Gasteiger partial charge in [-0.15, -0.1) is 0 Å². The molecule has 0 saturated carbocycles. The lowest BCUT2D eigenvalue weighted by Crippen LogP contribution is -2.50. The topological polar surface area (TPSA) is 52.6 Å². The molecule has 0 aromatic heterocycles. The Hall–Kier alpha value is -1.55. The molecule has 0 aliphatic carbocycles. The van der Waals surface area contributed by atoms with Crippen LogP contribution in [0.15, 0.2) is 24.3 Å². The van der Waals surface area contributed by atoms with Gasteiger partial charge >= 0.3 is 0 Å². The molecule has 1 aromatic carbocycles. The monoisotopic (exact) mass is 274 g/mol. The Labute approximate surface area is 119 Å². The predicted octanol–water partition coefficient (Wildman–Crippen LogP) is 2.02. The third-order valence-corrected chi connectivity index (χ3v) is 4.63. The first-order chi connectivity index (χ1) is 9.63. The zero-order valence-corrected chi connectivity index (χ0v) is 11.9. The summed E-state index contributed by atoms with van der Waals surface area (Å²) in [6.45, 7) is 2.51. The van der Waals surface area contributed by atoms with Gasteiger partial charge in [-0.25, -0.2) is 0 Å². The molecule has 2 aliphatic heterocycles. The van der Waals surface area contributed by atoms with Gasteiger partial charge in [-0.3, -0.25) is 4.79 Å². The predicted molar refractivity (Wildman–Crippen MR) is 77.3 cm³/mol. The van der Waals surface area contributed by atoms with E-state index in [2.05, 4.69) is 10.2 Å². The van der Waals surface area contributed by atoms with E-state index < -0.39 is 0 Å². The Morgan fingerprint density at radius 2 is 1.85 bits per heavy atom. The van der Waals surface area contributed by atoms with E-state index in [1.54, 1.807) is 19.1 Å². The van der Waals surface area contributed by atoms with Crippen molar-refractivity contribution in [1.82, 2.24) is 10.2 Å². The molecule has 2 fully saturated rings. The first-order valence-electron chi connectivity index (χ1n) is 7.43. The summed E-state index contributed by atoms with van der Waals surface area (Å²) in [6, 6.07) is 8.70. The Bertz CT molecular complexity index is 472. The third kappa shape index (κ3) is 2.66. The fourth-order valence-corrected chi connectivity index (χ4v) is 3.73. The van der Waals surface area contributed by atoms with Crippen molar-refractivity contribution in [2.45, 2.75) is 57.3 Å². The number of phenols is 1. The molecule has 1 aromatic rings. The van der Waals surface area contributed by atoms with E-state index in [9.17, 15) is 9.90 Å². The molecule has 108 valence electrons. The number of nitrogens with one attached hydrogen (secondary N) is 1. The van der Waals surface area contributed by atoms with Crippen molar-refractivity contribution < 1.29 is 9.90 Å². The van der Waals surface area contributed by atoms with Gasteiger partial charge < -0.3 is 15.3 Å². The lowest BCUT2D eigenvalue weighted by molar-refractivity contribution is -0.133. The molecule has 0 unspecified atom stereocenters. The number of hydrogen-bond donors (Lipinski definition) is 2. The molecule has 3 atom stereocenters. The number of fused-ring (bicyclic) bond motifs is 2. The molecule has 1 amide bonds. The average molecular weight is 274 g/mol. The first-order valence-corrected chi connectivity index (χ1v) is 7.43. The van der Waals surface area contributed by atoms with Crippen LogP contribution in [0.3, 0.4) is 0 Å². The van der Waals surface area contributed by atoms with Crippen LogP contribution < -0.4 is 5.32 Å². The average Bonchev–Trinajstić information content (AvgIpc) is 2.70. The second-order valence-corrected chi connectivity index (χ2v) is 6.03. The van der Waals surface area contributed by atoms with Crippen LogP contribution >= 0.6 is 0 Å². The molecule has 3 rings (SSSR count). The number of amides is 1. The lowest BCUT2D eigenvalue weighted by Gasteiger charge is -2.38. The normalized spacial score (nSPS) is 28.6. The highest BCUT2D eigenvalue weighted by molar-refractivity contribution is 5.74. The number of phenolic OH excluding ortho intramolecular Hbond substituents is 1. The van der Waals surface area contributed by atoms with E-state index in [4.69, 9.17) is 0 Å². The van der Waals surface area contributed by atoms with Crippen molar-refractivity contribution in [3.05, 3.63) is 29.8 Å². The summed E-state index contributed by atoms with van der Waals surface area (Å²) in [5, 5.41) is 12.9. The molecule has 4 heteroatoms. The van der Waals surface area contributed by atoms with Gasteiger partial charge in [-0.2, -0.15) is 0 Å². The molecule has 20 heavy (non-hydrogen) atoms. The number of benzene rings is 1. The number of rotatable bonds is 3. The first kappa shape index (κ1) is 13.4. The van der Waals surface area contributed by atoms with Crippen LogP contribution in [0.1, 0.15) is 38.2 Å². The summed E-state index contributed by atoms with van der Waals surface area (Å²) in [6.07, 6.45) is 4.44. The number of hydrogen-bond acceptors (Lipinski definition) is 3. The van der Waals surface area contributed by atoms with E-state index in [0.29, 0.717) is 23.9 Å². The number of aromatic hydroxyl groups is 1. The minimum atomic E-state index is 0.231. The summed E-state index contributed by atoms with van der Waals surface area (Å²) in [5.41, 5.74) is 1.18. The number of carbonyl (C=O) groups excluding carboxylic acids is 1. The van der Waals surface area contributed by atoms with Crippen LogP contribution in [0, 0.1) is 0 Å². The van der Waals surface area contributed by atoms with Crippen molar-refractivity contribution in [3.8, 4) is 5.75 Å². The minimum absolute atomic E-state index is 0.231. The van der Waals surface area contributed by atoms with Crippen molar-refractivity contribution >= 4 is 5.91 Å². The second-order valence-electron chi connectivity index (χ2n) is 6.03. The lowest BCUT2D eigenvalue weighted by atomic mass is 9.97. The molecule has 0 spiro atoms. The second kappa shape index (κ2) is 5.44. The van der Waals surface area contributed by atoms with Crippen molar-refractivity contribution in [3.63, 3.8) is 0 Å². The highest BCUT2D eigenvalue weighted by atomic mass is 16.3. The third-order valence-electron chi connectivity index (χ3n) is 4.63. The Morgan fingerprint density at radius 1 is 1.25 bits per heavy atom. The molecule has 0 radical (unpaired) electrons.